The molecular weight excluding hydrogens is 340 g/mol. The van der Waals surface area contributed by atoms with Crippen molar-refractivity contribution < 1.29 is 0 Å². The summed E-state index contributed by atoms with van der Waals surface area (Å²) in [7, 11) is 0. The van der Waals surface area contributed by atoms with Crippen molar-refractivity contribution in [2.24, 2.45) is 0 Å². The standard InChI is InChI=1S/C13H7Cl4N3/c14-9-3-1-2-7(12(9)17)4-8-6-18-20-11(16)5-10(15)19-13(8)20/h1-3,5-6H,4H2. The Kier molecular flexibility index (Phi) is 3.78. The van der Waals surface area contributed by atoms with E-state index in [9.17, 15) is 0 Å². The Labute approximate surface area is 135 Å². The van der Waals surface area contributed by atoms with Gasteiger partial charge >= 0.3 is 0 Å². The molecule has 3 aromatic rings. The Morgan fingerprint density at radius 1 is 1.05 bits per heavy atom. The maximum Gasteiger partial charge on any atom is 0.161 e. The fraction of sp³-hybridized carbons (Fsp3) is 0.0769. The number of hydrogen-bond donors (Lipinski definition) is 0. The molecule has 0 radical (unpaired) electrons. The molecular formula is C13H7Cl4N3. The first-order valence-electron chi connectivity index (χ1n) is 5.68. The van der Waals surface area contributed by atoms with Crippen LogP contribution in [0.25, 0.3) is 5.65 Å². The van der Waals surface area contributed by atoms with Crippen LogP contribution in [0.3, 0.4) is 0 Å². The second-order valence-electron chi connectivity index (χ2n) is 4.20. The molecule has 0 N–H and O–H groups in total. The molecule has 0 spiro atoms. The average molecular weight is 347 g/mol. The quantitative estimate of drug-likeness (QED) is 0.615. The second-order valence-corrected chi connectivity index (χ2v) is 5.76. The summed E-state index contributed by atoms with van der Waals surface area (Å²) in [6, 6.07) is 7.04. The number of aromatic nitrogens is 3. The molecule has 0 amide bonds. The van der Waals surface area contributed by atoms with Crippen molar-refractivity contribution in [3.63, 3.8) is 0 Å². The predicted octanol–water partition coefficient (Wildman–Crippen LogP) is 4.93. The van der Waals surface area contributed by atoms with Crippen LogP contribution in [0, 0.1) is 0 Å². The van der Waals surface area contributed by atoms with Crippen molar-refractivity contribution in [3.8, 4) is 0 Å². The van der Waals surface area contributed by atoms with Gasteiger partial charge in [-0.1, -0.05) is 58.5 Å². The highest BCUT2D eigenvalue weighted by atomic mass is 35.5. The summed E-state index contributed by atoms with van der Waals surface area (Å²) in [6.45, 7) is 0. The van der Waals surface area contributed by atoms with Gasteiger partial charge < -0.3 is 0 Å². The first kappa shape index (κ1) is 14.0. The van der Waals surface area contributed by atoms with Crippen molar-refractivity contribution >= 4 is 52.1 Å². The van der Waals surface area contributed by atoms with Crippen LogP contribution >= 0.6 is 46.4 Å². The number of rotatable bonds is 2. The molecule has 3 rings (SSSR count). The lowest BCUT2D eigenvalue weighted by atomic mass is 10.1. The Hall–Kier alpha value is -1.00. The van der Waals surface area contributed by atoms with Crippen LogP contribution < -0.4 is 0 Å². The van der Waals surface area contributed by atoms with Crippen molar-refractivity contribution in [3.05, 3.63) is 61.9 Å². The normalized spacial score (nSPS) is 11.2. The molecule has 0 saturated heterocycles. The van der Waals surface area contributed by atoms with E-state index in [1.165, 1.54) is 4.52 Å². The summed E-state index contributed by atoms with van der Waals surface area (Å²) < 4.78 is 1.53. The molecule has 0 saturated carbocycles. The molecule has 0 unspecified atom stereocenters. The third-order valence-electron chi connectivity index (χ3n) is 2.88. The van der Waals surface area contributed by atoms with E-state index >= 15 is 0 Å². The van der Waals surface area contributed by atoms with Crippen LogP contribution in [0.2, 0.25) is 20.4 Å². The number of hydrogen-bond acceptors (Lipinski definition) is 2. The highest BCUT2D eigenvalue weighted by Crippen LogP contribution is 2.28. The lowest BCUT2D eigenvalue weighted by Gasteiger charge is -2.05. The van der Waals surface area contributed by atoms with E-state index < -0.39 is 0 Å². The van der Waals surface area contributed by atoms with Crippen LogP contribution in [-0.4, -0.2) is 14.6 Å². The number of fused-ring (bicyclic) bond motifs is 1. The molecule has 20 heavy (non-hydrogen) atoms. The maximum absolute atomic E-state index is 6.19. The van der Waals surface area contributed by atoms with Gasteiger partial charge in [0.1, 0.15) is 10.3 Å². The van der Waals surface area contributed by atoms with Crippen LogP contribution in [0.1, 0.15) is 11.1 Å². The summed E-state index contributed by atoms with van der Waals surface area (Å²) in [5.74, 6) is 0. The molecule has 0 fully saturated rings. The largest absolute Gasteiger partial charge is 0.216 e. The van der Waals surface area contributed by atoms with Gasteiger partial charge in [0, 0.05) is 18.1 Å². The second kappa shape index (κ2) is 5.41. The molecule has 0 aliphatic rings. The van der Waals surface area contributed by atoms with Gasteiger partial charge in [-0.25, -0.2) is 9.50 Å². The highest BCUT2D eigenvalue weighted by Gasteiger charge is 2.12. The Balaban J connectivity index is 2.09. The monoisotopic (exact) mass is 345 g/mol. The molecule has 0 bridgehead atoms. The van der Waals surface area contributed by atoms with Gasteiger partial charge in [0.05, 0.1) is 16.2 Å². The summed E-state index contributed by atoms with van der Waals surface area (Å²) >= 11 is 24.2. The number of benzene rings is 1. The van der Waals surface area contributed by atoms with E-state index in [1.54, 1.807) is 18.3 Å². The highest BCUT2D eigenvalue weighted by molar-refractivity contribution is 6.42. The van der Waals surface area contributed by atoms with Crippen LogP contribution in [0.15, 0.2) is 30.5 Å². The van der Waals surface area contributed by atoms with Gasteiger partial charge in [-0.2, -0.15) is 5.10 Å². The minimum Gasteiger partial charge on any atom is -0.216 e. The lowest BCUT2D eigenvalue weighted by Crippen LogP contribution is -1.95. The first-order valence-corrected chi connectivity index (χ1v) is 7.19. The van der Waals surface area contributed by atoms with Crippen LogP contribution in [0.4, 0.5) is 0 Å². The van der Waals surface area contributed by atoms with Crippen molar-refractivity contribution in [2.75, 3.05) is 0 Å². The number of nitrogens with zero attached hydrogens (tertiary/aromatic N) is 3. The topological polar surface area (TPSA) is 30.2 Å². The molecule has 7 heteroatoms. The molecule has 3 nitrogen and oxygen atoms in total. The van der Waals surface area contributed by atoms with Gasteiger partial charge in [0.2, 0.25) is 0 Å². The van der Waals surface area contributed by atoms with Crippen LogP contribution in [-0.2, 0) is 6.42 Å². The lowest BCUT2D eigenvalue weighted by molar-refractivity contribution is 0.940. The smallest absolute Gasteiger partial charge is 0.161 e. The van der Waals surface area contributed by atoms with Crippen molar-refractivity contribution in [1.82, 2.24) is 14.6 Å². The summed E-state index contributed by atoms with van der Waals surface area (Å²) in [6.07, 6.45) is 2.24. The molecule has 0 aliphatic carbocycles. The minimum atomic E-state index is 0.321. The molecule has 0 atom stereocenters. The van der Waals surface area contributed by atoms with E-state index in [0.29, 0.717) is 32.4 Å². The SMILES string of the molecule is Clc1cc(Cl)n2ncc(Cc3cccc(Cl)c3Cl)c2n1. The van der Waals surface area contributed by atoms with E-state index in [2.05, 4.69) is 10.1 Å². The van der Waals surface area contributed by atoms with Gasteiger partial charge in [-0.3, -0.25) is 0 Å². The fourth-order valence-electron chi connectivity index (χ4n) is 1.96. The van der Waals surface area contributed by atoms with E-state index in [1.807, 2.05) is 12.1 Å². The maximum atomic E-state index is 6.19. The zero-order chi connectivity index (χ0) is 14.3. The zero-order valence-electron chi connectivity index (χ0n) is 9.95. The van der Waals surface area contributed by atoms with Gasteiger partial charge in [-0.15, -0.1) is 0 Å². The van der Waals surface area contributed by atoms with Gasteiger partial charge in [0.25, 0.3) is 0 Å². The van der Waals surface area contributed by atoms with Gasteiger partial charge in [-0.05, 0) is 11.6 Å². The molecule has 102 valence electrons. The minimum absolute atomic E-state index is 0.321. The average Bonchev–Trinajstić information content (AvgIpc) is 2.78. The van der Waals surface area contributed by atoms with E-state index in [4.69, 9.17) is 46.4 Å². The molecule has 2 heterocycles. The third-order valence-corrected chi connectivity index (χ3v) is 4.20. The summed E-state index contributed by atoms with van der Waals surface area (Å²) in [5, 5.41) is 5.97. The Morgan fingerprint density at radius 2 is 1.85 bits per heavy atom. The Morgan fingerprint density at radius 3 is 2.65 bits per heavy atom. The van der Waals surface area contributed by atoms with E-state index in [-0.39, 0.29) is 0 Å². The summed E-state index contributed by atoms with van der Waals surface area (Å²) in [4.78, 5) is 4.25. The molecule has 2 aromatic heterocycles. The van der Waals surface area contributed by atoms with Crippen molar-refractivity contribution in [1.29, 1.82) is 0 Å². The van der Waals surface area contributed by atoms with Crippen LogP contribution in [0.5, 0.6) is 0 Å². The number of halogens is 4. The third kappa shape index (κ3) is 2.47. The fourth-order valence-corrected chi connectivity index (χ4v) is 2.81. The van der Waals surface area contributed by atoms with Gasteiger partial charge in [0.15, 0.2) is 5.65 Å². The van der Waals surface area contributed by atoms with E-state index in [0.717, 1.165) is 11.1 Å². The zero-order valence-corrected chi connectivity index (χ0v) is 13.0. The van der Waals surface area contributed by atoms with Crippen molar-refractivity contribution in [2.45, 2.75) is 6.42 Å². The predicted molar refractivity (Wildman–Crippen MR) is 82.3 cm³/mol. The molecule has 0 aliphatic heterocycles. The first-order chi connectivity index (χ1) is 9.56. The Bertz CT molecular complexity index is 798. The molecule has 1 aromatic carbocycles. The summed E-state index contributed by atoms with van der Waals surface area (Å²) in [5.41, 5.74) is 2.38.